The van der Waals surface area contributed by atoms with Gasteiger partial charge in [0.15, 0.2) is 0 Å². The van der Waals surface area contributed by atoms with E-state index in [0.29, 0.717) is 11.6 Å². The van der Waals surface area contributed by atoms with E-state index in [0.717, 1.165) is 65.2 Å². The lowest BCUT2D eigenvalue weighted by molar-refractivity contribution is 0.0958. The normalized spacial score (nSPS) is 23.8. The number of hydrogen-bond acceptors (Lipinski definition) is 5. The number of benzene rings is 1. The molecule has 3 heterocycles. The van der Waals surface area contributed by atoms with E-state index < -0.39 is 0 Å². The minimum Gasteiger partial charge on any atom is -0.366 e. The molecule has 3 atom stereocenters. The highest BCUT2D eigenvalue weighted by molar-refractivity contribution is 6.01. The number of anilines is 1. The second-order valence-corrected chi connectivity index (χ2v) is 8.30. The van der Waals surface area contributed by atoms with Crippen LogP contribution in [0.1, 0.15) is 60.4 Å². The molecular formula is C22H26N6O. The zero-order valence-electron chi connectivity index (χ0n) is 16.7. The van der Waals surface area contributed by atoms with Crippen molar-refractivity contribution >= 4 is 22.8 Å². The third kappa shape index (κ3) is 3.15. The lowest BCUT2D eigenvalue weighted by Crippen LogP contribution is -2.35. The zero-order chi connectivity index (χ0) is 20.1. The molecule has 7 heteroatoms. The molecule has 0 bridgehead atoms. The predicted octanol–water partition coefficient (Wildman–Crippen LogP) is 3.42. The molecule has 150 valence electrons. The minimum absolute atomic E-state index is 0.0118. The van der Waals surface area contributed by atoms with Crippen LogP contribution in [0.3, 0.4) is 0 Å². The van der Waals surface area contributed by atoms with Crippen LogP contribution in [0.25, 0.3) is 22.3 Å². The molecule has 1 aliphatic heterocycles. The van der Waals surface area contributed by atoms with Crippen molar-refractivity contribution in [2.75, 3.05) is 5.32 Å². The molecule has 1 saturated carbocycles. The Labute approximate surface area is 169 Å². The summed E-state index contributed by atoms with van der Waals surface area (Å²) >= 11 is 0. The number of H-pyrrole nitrogens is 1. The van der Waals surface area contributed by atoms with Crippen LogP contribution in [0.2, 0.25) is 0 Å². The number of hydrogen-bond donors (Lipinski definition) is 4. The lowest BCUT2D eigenvalue weighted by Gasteiger charge is -2.28. The average Bonchev–Trinajstić information content (AvgIpc) is 3.23. The first kappa shape index (κ1) is 18.1. The maximum atomic E-state index is 12.2. The van der Waals surface area contributed by atoms with Crippen molar-refractivity contribution in [2.45, 2.75) is 57.7 Å². The van der Waals surface area contributed by atoms with Gasteiger partial charge in [0.25, 0.3) is 5.91 Å². The van der Waals surface area contributed by atoms with E-state index in [1.54, 1.807) is 0 Å². The Kier molecular flexibility index (Phi) is 4.28. The van der Waals surface area contributed by atoms with Gasteiger partial charge in [0.2, 0.25) is 0 Å². The first-order chi connectivity index (χ1) is 14.0. The Morgan fingerprint density at radius 3 is 2.86 bits per heavy atom. The highest BCUT2D eigenvalue weighted by atomic mass is 16.2. The van der Waals surface area contributed by atoms with Gasteiger partial charge >= 0.3 is 0 Å². The fraction of sp³-hybridized carbons (Fsp3) is 0.409. The summed E-state index contributed by atoms with van der Waals surface area (Å²) in [5.74, 6) is 0.780. The molecule has 5 N–H and O–H groups in total. The number of carbonyl (C=O) groups is 1. The molecule has 1 aromatic carbocycles. The number of aromatic amines is 1. The number of carbonyl (C=O) groups excluding carboxylic acids is 1. The Bertz CT molecular complexity index is 1100. The number of rotatable bonds is 3. The largest absolute Gasteiger partial charge is 0.366 e. The summed E-state index contributed by atoms with van der Waals surface area (Å²) in [6.07, 6.45) is 4.29. The Morgan fingerprint density at radius 1 is 1.21 bits per heavy atom. The van der Waals surface area contributed by atoms with Gasteiger partial charge in [-0.3, -0.25) is 4.79 Å². The molecule has 29 heavy (non-hydrogen) atoms. The number of para-hydroxylation sites is 1. The van der Waals surface area contributed by atoms with E-state index in [9.17, 15) is 4.79 Å². The Hall–Kier alpha value is -2.93. The third-order valence-electron chi connectivity index (χ3n) is 6.09. The molecule has 0 spiro atoms. The molecule has 5 rings (SSSR count). The van der Waals surface area contributed by atoms with E-state index >= 15 is 0 Å². The van der Waals surface area contributed by atoms with Gasteiger partial charge in [0.05, 0.1) is 28.5 Å². The average molecular weight is 390 g/mol. The fourth-order valence-electron chi connectivity index (χ4n) is 4.56. The summed E-state index contributed by atoms with van der Waals surface area (Å²) in [5.41, 5.74) is 12.2. The van der Waals surface area contributed by atoms with E-state index in [-0.39, 0.29) is 18.0 Å². The molecule has 2 aromatic heterocycles. The van der Waals surface area contributed by atoms with Crippen LogP contribution in [0.4, 0.5) is 5.82 Å². The van der Waals surface area contributed by atoms with Crippen molar-refractivity contribution in [2.24, 2.45) is 5.73 Å². The van der Waals surface area contributed by atoms with Crippen LogP contribution >= 0.6 is 0 Å². The first-order valence-corrected chi connectivity index (χ1v) is 10.3. The second kappa shape index (κ2) is 6.84. The SMILES string of the molecule is Cc1nc2cccc(-c3cc4c([nH]3)C(C)NC4=O)c2nc1N[C@H]1CCC[C@@H](N)C1. The smallest absolute Gasteiger partial charge is 0.253 e. The fourth-order valence-corrected chi connectivity index (χ4v) is 4.56. The maximum absolute atomic E-state index is 12.2. The molecule has 7 nitrogen and oxygen atoms in total. The summed E-state index contributed by atoms with van der Waals surface area (Å²) in [5, 5.41) is 6.50. The van der Waals surface area contributed by atoms with Crippen LogP contribution in [0.15, 0.2) is 24.3 Å². The summed E-state index contributed by atoms with van der Waals surface area (Å²) in [6.45, 7) is 3.96. The summed E-state index contributed by atoms with van der Waals surface area (Å²) in [6, 6.07) is 8.46. The molecule has 3 aromatic rings. The Balaban J connectivity index is 1.56. The highest BCUT2D eigenvalue weighted by Crippen LogP contribution is 2.33. The number of nitrogens with two attached hydrogens (primary N) is 1. The van der Waals surface area contributed by atoms with E-state index in [1.807, 2.05) is 38.1 Å². The quantitative estimate of drug-likeness (QED) is 0.548. The van der Waals surface area contributed by atoms with Crippen LogP contribution in [0, 0.1) is 6.92 Å². The number of aryl methyl sites for hydroxylation is 1. The van der Waals surface area contributed by atoms with Crippen molar-refractivity contribution in [3.05, 3.63) is 41.2 Å². The van der Waals surface area contributed by atoms with Crippen molar-refractivity contribution in [1.82, 2.24) is 20.3 Å². The summed E-state index contributed by atoms with van der Waals surface area (Å²) < 4.78 is 0. The number of nitrogens with one attached hydrogen (secondary N) is 3. The standard InChI is InChI=1S/C22H26N6O/c1-11-19-16(22(29)25-11)10-18(27-19)15-7-4-8-17-20(15)28-21(12(2)24-17)26-14-6-3-5-13(23)9-14/h4,7-8,10-11,13-14,27H,3,5-6,9,23H2,1-2H3,(H,25,29)(H,26,28)/t11?,13-,14+/m1/s1. The van der Waals surface area contributed by atoms with Gasteiger partial charge in [-0.2, -0.15) is 0 Å². The topological polar surface area (TPSA) is 109 Å². The van der Waals surface area contributed by atoms with Gasteiger partial charge in [-0.15, -0.1) is 0 Å². The van der Waals surface area contributed by atoms with Crippen molar-refractivity contribution in [1.29, 1.82) is 0 Å². The van der Waals surface area contributed by atoms with Gasteiger partial charge in [-0.1, -0.05) is 12.1 Å². The van der Waals surface area contributed by atoms with Crippen molar-refractivity contribution in [3.8, 4) is 11.3 Å². The number of fused-ring (bicyclic) bond motifs is 2. The molecule has 1 unspecified atom stereocenters. The summed E-state index contributed by atoms with van der Waals surface area (Å²) in [7, 11) is 0. The third-order valence-corrected chi connectivity index (χ3v) is 6.09. The van der Waals surface area contributed by atoms with E-state index in [1.165, 1.54) is 0 Å². The van der Waals surface area contributed by atoms with Crippen molar-refractivity contribution in [3.63, 3.8) is 0 Å². The van der Waals surface area contributed by atoms with Crippen LogP contribution < -0.4 is 16.4 Å². The highest BCUT2D eigenvalue weighted by Gasteiger charge is 2.28. The molecule has 1 amide bonds. The van der Waals surface area contributed by atoms with Gasteiger partial charge in [0, 0.05) is 23.3 Å². The minimum atomic E-state index is -0.0341. The Morgan fingerprint density at radius 2 is 2.07 bits per heavy atom. The van der Waals surface area contributed by atoms with Gasteiger partial charge in [0.1, 0.15) is 11.3 Å². The van der Waals surface area contributed by atoms with Crippen LogP contribution in [-0.2, 0) is 0 Å². The van der Waals surface area contributed by atoms with Gasteiger partial charge in [-0.25, -0.2) is 9.97 Å². The summed E-state index contributed by atoms with van der Waals surface area (Å²) in [4.78, 5) is 25.3. The molecule has 0 radical (unpaired) electrons. The molecular weight excluding hydrogens is 364 g/mol. The van der Waals surface area contributed by atoms with E-state index in [2.05, 4.69) is 15.6 Å². The lowest BCUT2D eigenvalue weighted by atomic mass is 9.91. The van der Waals surface area contributed by atoms with Crippen LogP contribution in [0.5, 0.6) is 0 Å². The molecule has 2 aliphatic rings. The molecule has 0 saturated heterocycles. The number of amides is 1. The number of nitrogens with zero attached hydrogens (tertiary/aromatic N) is 2. The van der Waals surface area contributed by atoms with Crippen molar-refractivity contribution < 1.29 is 4.79 Å². The maximum Gasteiger partial charge on any atom is 0.253 e. The van der Waals surface area contributed by atoms with Gasteiger partial charge < -0.3 is 21.4 Å². The number of aromatic nitrogens is 3. The van der Waals surface area contributed by atoms with Crippen LogP contribution in [-0.4, -0.2) is 32.9 Å². The first-order valence-electron chi connectivity index (χ1n) is 10.3. The second-order valence-electron chi connectivity index (χ2n) is 8.30. The molecule has 1 fully saturated rings. The monoisotopic (exact) mass is 390 g/mol. The predicted molar refractivity (Wildman–Crippen MR) is 114 cm³/mol. The van der Waals surface area contributed by atoms with E-state index in [4.69, 9.17) is 15.7 Å². The van der Waals surface area contributed by atoms with Gasteiger partial charge in [-0.05, 0) is 51.7 Å². The zero-order valence-corrected chi connectivity index (χ0v) is 16.7. The molecule has 1 aliphatic carbocycles.